The number of thiazole rings is 1. The number of fused-ring (bicyclic) bond motifs is 1. The molecule has 1 fully saturated rings. The molecule has 124 valence electrons. The zero-order chi connectivity index (χ0) is 16.2. The van der Waals surface area contributed by atoms with E-state index in [1.807, 2.05) is 18.2 Å². The van der Waals surface area contributed by atoms with Crippen molar-refractivity contribution in [2.24, 2.45) is 5.92 Å². The summed E-state index contributed by atoms with van der Waals surface area (Å²) in [5, 5.41) is 3.42. The molecule has 1 N–H and O–H groups in total. The summed E-state index contributed by atoms with van der Waals surface area (Å²) >= 11 is 1.44. The minimum absolute atomic E-state index is 0.0915. The zero-order valence-electron chi connectivity index (χ0n) is 13.5. The van der Waals surface area contributed by atoms with Crippen LogP contribution in [0.15, 0.2) is 18.2 Å². The molecule has 2 aromatic rings. The van der Waals surface area contributed by atoms with Gasteiger partial charge in [-0.3, -0.25) is 10.1 Å². The Morgan fingerprint density at radius 2 is 2.22 bits per heavy atom. The molecule has 1 aliphatic rings. The lowest BCUT2D eigenvalue weighted by Crippen LogP contribution is -2.29. The van der Waals surface area contributed by atoms with E-state index in [0.717, 1.165) is 22.4 Å². The van der Waals surface area contributed by atoms with Crippen molar-refractivity contribution < 1.29 is 14.3 Å². The van der Waals surface area contributed by atoms with Crippen LogP contribution in [0.25, 0.3) is 10.2 Å². The number of benzene rings is 1. The van der Waals surface area contributed by atoms with Gasteiger partial charge in [-0.15, -0.1) is 0 Å². The van der Waals surface area contributed by atoms with Gasteiger partial charge in [-0.25, -0.2) is 4.98 Å². The van der Waals surface area contributed by atoms with Crippen molar-refractivity contribution in [3.05, 3.63) is 18.2 Å². The standard InChI is InChI=1S/C17H22N2O3S/c1-11-5-3-4-6-14(11)22-10-16(20)19-17-18-13-8-7-12(21-2)9-15(13)23-17/h7-9,11,14H,3-6,10H2,1-2H3,(H,18,19,20). The SMILES string of the molecule is COc1ccc2nc(NC(=O)COC3CCCCC3C)sc2c1. The molecule has 0 bridgehead atoms. The molecule has 3 rings (SSSR count). The third kappa shape index (κ3) is 4.00. The molecule has 0 spiro atoms. The summed E-state index contributed by atoms with van der Waals surface area (Å²) in [7, 11) is 1.63. The highest BCUT2D eigenvalue weighted by Crippen LogP contribution is 2.29. The Kier molecular flexibility index (Phi) is 5.13. The normalized spacial score (nSPS) is 21.3. The van der Waals surface area contributed by atoms with Crippen LogP contribution in [0, 0.1) is 5.92 Å². The van der Waals surface area contributed by atoms with Gasteiger partial charge < -0.3 is 9.47 Å². The van der Waals surface area contributed by atoms with Crippen LogP contribution in [-0.4, -0.2) is 30.7 Å². The predicted octanol–water partition coefficient (Wildman–Crippen LogP) is 3.84. The van der Waals surface area contributed by atoms with Crippen molar-refractivity contribution in [2.45, 2.75) is 38.7 Å². The number of ether oxygens (including phenoxy) is 2. The highest BCUT2D eigenvalue weighted by Gasteiger charge is 2.22. The monoisotopic (exact) mass is 334 g/mol. The van der Waals surface area contributed by atoms with E-state index in [1.54, 1.807) is 7.11 Å². The van der Waals surface area contributed by atoms with Crippen molar-refractivity contribution in [2.75, 3.05) is 19.0 Å². The maximum Gasteiger partial charge on any atom is 0.252 e. The highest BCUT2D eigenvalue weighted by molar-refractivity contribution is 7.22. The molecule has 2 unspecified atom stereocenters. The van der Waals surface area contributed by atoms with Gasteiger partial charge in [-0.1, -0.05) is 31.1 Å². The second kappa shape index (κ2) is 7.27. The van der Waals surface area contributed by atoms with Crippen LogP contribution in [0.2, 0.25) is 0 Å². The number of hydrogen-bond donors (Lipinski definition) is 1. The van der Waals surface area contributed by atoms with Crippen molar-refractivity contribution >= 4 is 32.6 Å². The number of methoxy groups -OCH3 is 1. The van der Waals surface area contributed by atoms with Gasteiger partial charge in [0.05, 0.1) is 23.4 Å². The van der Waals surface area contributed by atoms with E-state index in [1.165, 1.54) is 30.6 Å². The van der Waals surface area contributed by atoms with Gasteiger partial charge in [-0.2, -0.15) is 0 Å². The molecule has 0 saturated heterocycles. The first-order valence-electron chi connectivity index (χ1n) is 8.02. The fourth-order valence-electron chi connectivity index (χ4n) is 2.95. The number of carbonyl (C=O) groups excluding carboxylic acids is 1. The molecule has 1 heterocycles. The van der Waals surface area contributed by atoms with Crippen molar-refractivity contribution in [1.82, 2.24) is 4.98 Å². The van der Waals surface area contributed by atoms with Crippen LogP contribution in [0.1, 0.15) is 32.6 Å². The Morgan fingerprint density at radius 3 is 3.00 bits per heavy atom. The fourth-order valence-corrected chi connectivity index (χ4v) is 3.86. The van der Waals surface area contributed by atoms with Gasteiger partial charge in [0.15, 0.2) is 5.13 Å². The van der Waals surface area contributed by atoms with Crippen LogP contribution in [0.4, 0.5) is 5.13 Å². The molecule has 6 heteroatoms. The largest absolute Gasteiger partial charge is 0.497 e. The maximum absolute atomic E-state index is 12.1. The number of carbonyl (C=O) groups is 1. The van der Waals surface area contributed by atoms with E-state index in [2.05, 4.69) is 17.2 Å². The average molecular weight is 334 g/mol. The molecule has 1 amide bonds. The number of aromatic nitrogens is 1. The van der Waals surface area contributed by atoms with Crippen molar-refractivity contribution in [3.63, 3.8) is 0 Å². The van der Waals surface area contributed by atoms with Gasteiger partial charge >= 0.3 is 0 Å². The first-order valence-corrected chi connectivity index (χ1v) is 8.83. The average Bonchev–Trinajstić information content (AvgIpc) is 2.95. The number of nitrogens with one attached hydrogen (secondary N) is 1. The molecule has 0 aliphatic heterocycles. The Labute approximate surface area is 140 Å². The Hall–Kier alpha value is -1.66. The molecule has 0 radical (unpaired) electrons. The summed E-state index contributed by atoms with van der Waals surface area (Å²) in [4.78, 5) is 16.5. The van der Waals surface area contributed by atoms with Gasteiger partial charge in [0.1, 0.15) is 12.4 Å². The van der Waals surface area contributed by atoms with Gasteiger partial charge in [0.25, 0.3) is 5.91 Å². The number of amides is 1. The summed E-state index contributed by atoms with van der Waals surface area (Å²) in [6.07, 6.45) is 4.90. The lowest BCUT2D eigenvalue weighted by Gasteiger charge is -2.28. The number of hydrogen-bond acceptors (Lipinski definition) is 5. The summed E-state index contributed by atoms with van der Waals surface area (Å²) in [6.45, 7) is 2.29. The number of nitrogens with zero attached hydrogens (tertiary/aromatic N) is 1. The van der Waals surface area contributed by atoms with Gasteiger partial charge in [0.2, 0.25) is 0 Å². The Balaban J connectivity index is 1.57. The van der Waals surface area contributed by atoms with E-state index >= 15 is 0 Å². The predicted molar refractivity (Wildman–Crippen MR) is 92.2 cm³/mol. The smallest absolute Gasteiger partial charge is 0.252 e. The topological polar surface area (TPSA) is 60.5 Å². The minimum atomic E-state index is -0.145. The molecular formula is C17H22N2O3S. The molecule has 1 aromatic carbocycles. The summed E-state index contributed by atoms with van der Waals surface area (Å²) < 4.78 is 12.0. The second-order valence-electron chi connectivity index (χ2n) is 6.01. The summed E-state index contributed by atoms with van der Waals surface area (Å²) in [5.74, 6) is 1.17. The van der Waals surface area contributed by atoms with Crippen molar-refractivity contribution in [1.29, 1.82) is 0 Å². The van der Waals surface area contributed by atoms with Gasteiger partial charge in [0, 0.05) is 0 Å². The first kappa shape index (κ1) is 16.2. The quantitative estimate of drug-likeness (QED) is 0.902. The van der Waals surface area contributed by atoms with Crippen LogP contribution < -0.4 is 10.1 Å². The van der Waals surface area contributed by atoms with Crippen LogP contribution in [-0.2, 0) is 9.53 Å². The maximum atomic E-state index is 12.1. The van der Waals surface area contributed by atoms with Gasteiger partial charge in [-0.05, 0) is 37.0 Å². The van der Waals surface area contributed by atoms with E-state index in [0.29, 0.717) is 11.0 Å². The third-order valence-electron chi connectivity index (χ3n) is 4.30. The molecule has 23 heavy (non-hydrogen) atoms. The fraction of sp³-hybridized carbons (Fsp3) is 0.529. The van der Waals surface area contributed by atoms with E-state index in [9.17, 15) is 4.79 Å². The third-order valence-corrected chi connectivity index (χ3v) is 5.24. The Bertz CT molecular complexity index is 686. The van der Waals surface area contributed by atoms with E-state index in [4.69, 9.17) is 9.47 Å². The molecule has 5 nitrogen and oxygen atoms in total. The van der Waals surface area contributed by atoms with E-state index in [-0.39, 0.29) is 18.6 Å². The summed E-state index contributed by atoms with van der Waals surface area (Å²) in [5.41, 5.74) is 0.855. The summed E-state index contributed by atoms with van der Waals surface area (Å²) in [6, 6.07) is 5.67. The molecule has 1 aromatic heterocycles. The number of rotatable bonds is 5. The lowest BCUT2D eigenvalue weighted by molar-refractivity contribution is -0.124. The van der Waals surface area contributed by atoms with Crippen LogP contribution >= 0.6 is 11.3 Å². The Morgan fingerprint density at radius 1 is 1.39 bits per heavy atom. The minimum Gasteiger partial charge on any atom is -0.497 e. The molecular weight excluding hydrogens is 312 g/mol. The molecule has 2 atom stereocenters. The van der Waals surface area contributed by atoms with Crippen LogP contribution in [0.5, 0.6) is 5.75 Å². The van der Waals surface area contributed by atoms with Crippen LogP contribution in [0.3, 0.4) is 0 Å². The molecule has 1 aliphatic carbocycles. The van der Waals surface area contributed by atoms with E-state index < -0.39 is 0 Å². The first-order chi connectivity index (χ1) is 11.2. The highest BCUT2D eigenvalue weighted by atomic mass is 32.1. The second-order valence-corrected chi connectivity index (χ2v) is 7.04. The number of anilines is 1. The molecule has 1 saturated carbocycles. The lowest BCUT2D eigenvalue weighted by atomic mass is 9.88. The zero-order valence-corrected chi connectivity index (χ0v) is 14.3. The van der Waals surface area contributed by atoms with Crippen molar-refractivity contribution in [3.8, 4) is 5.75 Å².